The Hall–Kier alpha value is -3.12. The Labute approximate surface area is 171 Å². The molecule has 0 spiro atoms. The number of sulfonamides is 1. The number of nitrogens with one attached hydrogen (secondary N) is 2. The molecule has 0 aliphatic carbocycles. The zero-order valence-corrected chi connectivity index (χ0v) is 17.7. The quantitative estimate of drug-likeness (QED) is 0.626. The summed E-state index contributed by atoms with van der Waals surface area (Å²) >= 11 is 0. The van der Waals surface area contributed by atoms with Gasteiger partial charge in [-0.1, -0.05) is 23.8 Å². The molecule has 0 aliphatic heterocycles. The average Bonchev–Trinajstić information content (AvgIpc) is 2.66. The summed E-state index contributed by atoms with van der Waals surface area (Å²) in [5.41, 5.74) is 5.64. The monoisotopic (exact) mass is 408 g/mol. The first-order valence-electron chi connectivity index (χ1n) is 9.24. The molecule has 2 N–H and O–H groups in total. The predicted octanol–water partition coefficient (Wildman–Crippen LogP) is 4.97. The fourth-order valence-corrected chi connectivity index (χ4v) is 4.08. The molecule has 1 amide bonds. The number of hydrogen-bond donors (Lipinski definition) is 2. The highest BCUT2D eigenvalue weighted by Crippen LogP contribution is 2.21. The molecule has 0 bridgehead atoms. The van der Waals surface area contributed by atoms with Crippen LogP contribution >= 0.6 is 0 Å². The number of rotatable bonds is 5. The van der Waals surface area contributed by atoms with Gasteiger partial charge in [-0.05, 0) is 86.8 Å². The van der Waals surface area contributed by atoms with Crippen LogP contribution in [0.15, 0.2) is 65.6 Å². The van der Waals surface area contributed by atoms with Crippen molar-refractivity contribution in [3.63, 3.8) is 0 Å². The SMILES string of the molecule is Cc1ccc(NC(=O)c2ccc(NS(=O)(=O)c3ccc(C)c(C)c3)cc2)c(C)c1. The van der Waals surface area contributed by atoms with Gasteiger partial charge in [0.15, 0.2) is 0 Å². The van der Waals surface area contributed by atoms with Crippen molar-refractivity contribution in [2.75, 3.05) is 10.0 Å². The number of carbonyl (C=O) groups is 1. The first-order valence-corrected chi connectivity index (χ1v) is 10.7. The molecule has 0 fully saturated rings. The maximum Gasteiger partial charge on any atom is 0.261 e. The Kier molecular flexibility index (Phi) is 5.75. The van der Waals surface area contributed by atoms with Crippen LogP contribution in [-0.4, -0.2) is 14.3 Å². The summed E-state index contributed by atoms with van der Waals surface area (Å²) in [5, 5.41) is 2.88. The van der Waals surface area contributed by atoms with Crippen LogP contribution < -0.4 is 10.0 Å². The molecule has 5 nitrogen and oxygen atoms in total. The third kappa shape index (κ3) is 4.84. The molecule has 6 heteroatoms. The van der Waals surface area contributed by atoms with Gasteiger partial charge in [-0.25, -0.2) is 8.42 Å². The maximum absolute atomic E-state index is 12.6. The number of benzene rings is 3. The van der Waals surface area contributed by atoms with E-state index in [1.807, 2.05) is 45.9 Å². The van der Waals surface area contributed by atoms with Crippen molar-refractivity contribution in [3.8, 4) is 0 Å². The van der Waals surface area contributed by atoms with Gasteiger partial charge in [0.1, 0.15) is 0 Å². The van der Waals surface area contributed by atoms with Crippen LogP contribution in [0, 0.1) is 27.7 Å². The van der Waals surface area contributed by atoms with E-state index in [1.54, 1.807) is 42.5 Å². The molecule has 3 aromatic rings. The van der Waals surface area contributed by atoms with Crippen LogP contribution in [0.25, 0.3) is 0 Å². The highest BCUT2D eigenvalue weighted by molar-refractivity contribution is 7.92. The van der Waals surface area contributed by atoms with Gasteiger partial charge >= 0.3 is 0 Å². The van der Waals surface area contributed by atoms with Gasteiger partial charge in [0.2, 0.25) is 0 Å². The molecule has 0 radical (unpaired) electrons. The molecular weight excluding hydrogens is 384 g/mol. The van der Waals surface area contributed by atoms with E-state index in [9.17, 15) is 13.2 Å². The smallest absolute Gasteiger partial charge is 0.261 e. The number of anilines is 2. The van der Waals surface area contributed by atoms with Crippen molar-refractivity contribution in [2.24, 2.45) is 0 Å². The molecule has 0 heterocycles. The van der Waals surface area contributed by atoms with Gasteiger partial charge in [-0.3, -0.25) is 9.52 Å². The lowest BCUT2D eigenvalue weighted by atomic mass is 10.1. The summed E-state index contributed by atoms with van der Waals surface area (Å²) in [6, 6.07) is 17.2. The van der Waals surface area contributed by atoms with Gasteiger partial charge in [-0.2, -0.15) is 0 Å². The number of carbonyl (C=O) groups excluding carboxylic acids is 1. The van der Waals surface area contributed by atoms with Crippen molar-refractivity contribution in [1.82, 2.24) is 0 Å². The van der Waals surface area contributed by atoms with Gasteiger partial charge in [0.05, 0.1) is 4.90 Å². The lowest BCUT2D eigenvalue weighted by molar-refractivity contribution is 0.102. The summed E-state index contributed by atoms with van der Waals surface area (Å²) in [5.74, 6) is -0.250. The van der Waals surface area contributed by atoms with E-state index in [-0.39, 0.29) is 10.8 Å². The topological polar surface area (TPSA) is 75.3 Å². The van der Waals surface area contributed by atoms with Gasteiger partial charge in [0.25, 0.3) is 15.9 Å². The zero-order chi connectivity index (χ0) is 21.2. The Morgan fingerprint density at radius 3 is 2.07 bits per heavy atom. The second-order valence-electron chi connectivity index (χ2n) is 7.20. The summed E-state index contributed by atoms with van der Waals surface area (Å²) in [4.78, 5) is 12.7. The Balaban J connectivity index is 1.74. The largest absolute Gasteiger partial charge is 0.322 e. The Morgan fingerprint density at radius 1 is 0.759 bits per heavy atom. The van der Waals surface area contributed by atoms with Crippen LogP contribution in [0.5, 0.6) is 0 Å². The molecule has 3 rings (SSSR count). The summed E-state index contributed by atoms with van der Waals surface area (Å²) in [6.45, 7) is 7.74. The normalized spacial score (nSPS) is 11.2. The fraction of sp³-hybridized carbons (Fsp3) is 0.174. The van der Waals surface area contributed by atoms with E-state index in [4.69, 9.17) is 0 Å². The van der Waals surface area contributed by atoms with Crippen molar-refractivity contribution in [1.29, 1.82) is 0 Å². The molecule has 0 saturated heterocycles. The average molecular weight is 409 g/mol. The van der Waals surface area contributed by atoms with Crippen LogP contribution in [0.4, 0.5) is 11.4 Å². The van der Waals surface area contributed by atoms with Gasteiger partial charge in [-0.15, -0.1) is 0 Å². The van der Waals surface area contributed by atoms with E-state index in [1.165, 1.54) is 0 Å². The molecule has 0 saturated carbocycles. The van der Waals surface area contributed by atoms with E-state index < -0.39 is 10.0 Å². The van der Waals surface area contributed by atoms with Crippen LogP contribution in [0.2, 0.25) is 0 Å². The zero-order valence-electron chi connectivity index (χ0n) is 16.9. The fourth-order valence-electron chi connectivity index (χ4n) is 2.93. The van der Waals surface area contributed by atoms with Crippen molar-refractivity contribution < 1.29 is 13.2 Å². The highest BCUT2D eigenvalue weighted by atomic mass is 32.2. The first kappa shape index (κ1) is 20.6. The first-order chi connectivity index (χ1) is 13.7. The summed E-state index contributed by atoms with van der Waals surface area (Å²) in [6.07, 6.45) is 0. The van der Waals surface area contributed by atoms with Gasteiger partial charge < -0.3 is 5.32 Å². The highest BCUT2D eigenvalue weighted by Gasteiger charge is 2.15. The van der Waals surface area contributed by atoms with E-state index in [2.05, 4.69) is 10.0 Å². The van der Waals surface area contributed by atoms with Crippen molar-refractivity contribution >= 4 is 27.3 Å². The molecule has 29 heavy (non-hydrogen) atoms. The standard InChI is InChI=1S/C23H24N2O3S/c1-15-5-12-22(18(4)13-15)24-23(26)19-7-9-20(10-8-19)25-29(27,28)21-11-6-16(2)17(3)14-21/h5-14,25H,1-4H3,(H,24,26). The number of aryl methyl sites for hydroxylation is 4. The molecule has 3 aromatic carbocycles. The molecule has 0 aromatic heterocycles. The Morgan fingerprint density at radius 2 is 1.45 bits per heavy atom. The maximum atomic E-state index is 12.6. The number of hydrogen-bond acceptors (Lipinski definition) is 3. The minimum absolute atomic E-state index is 0.206. The minimum atomic E-state index is -3.69. The molecule has 0 unspecified atom stereocenters. The third-order valence-electron chi connectivity index (χ3n) is 4.82. The molecule has 150 valence electrons. The van der Waals surface area contributed by atoms with Crippen LogP contribution in [0.3, 0.4) is 0 Å². The van der Waals surface area contributed by atoms with E-state index >= 15 is 0 Å². The van der Waals surface area contributed by atoms with E-state index in [0.717, 1.165) is 27.9 Å². The lowest BCUT2D eigenvalue weighted by Gasteiger charge is -2.11. The van der Waals surface area contributed by atoms with Crippen molar-refractivity contribution in [2.45, 2.75) is 32.6 Å². The van der Waals surface area contributed by atoms with Crippen molar-refractivity contribution in [3.05, 3.63) is 88.5 Å². The second-order valence-corrected chi connectivity index (χ2v) is 8.88. The van der Waals surface area contributed by atoms with Gasteiger partial charge in [0, 0.05) is 16.9 Å². The summed E-state index contributed by atoms with van der Waals surface area (Å²) < 4.78 is 27.8. The summed E-state index contributed by atoms with van der Waals surface area (Å²) in [7, 11) is -3.69. The van der Waals surface area contributed by atoms with Crippen LogP contribution in [0.1, 0.15) is 32.6 Å². The Bertz CT molecular complexity index is 1170. The lowest BCUT2D eigenvalue weighted by Crippen LogP contribution is -2.15. The van der Waals surface area contributed by atoms with Crippen LogP contribution in [-0.2, 0) is 10.0 Å². The third-order valence-corrected chi connectivity index (χ3v) is 6.20. The van der Waals surface area contributed by atoms with E-state index in [0.29, 0.717) is 11.3 Å². The minimum Gasteiger partial charge on any atom is -0.322 e. The molecule has 0 aliphatic rings. The molecular formula is C23H24N2O3S. The second kappa shape index (κ2) is 8.09. The number of amides is 1. The predicted molar refractivity (Wildman–Crippen MR) is 117 cm³/mol. The molecule has 0 atom stereocenters.